The van der Waals surface area contributed by atoms with Gasteiger partial charge >= 0.3 is 35.8 Å². The number of thioether (sulfide) groups is 1. The molecule has 1 atom stereocenters. The Hall–Kier alpha value is -7.60. The number of fused-ring (bicyclic) bond motifs is 1. The quantitative estimate of drug-likeness (QED) is 0.00878. The van der Waals surface area contributed by atoms with E-state index in [-0.39, 0.29) is 34.8 Å². The zero-order valence-electron chi connectivity index (χ0n) is 48.4. The highest BCUT2D eigenvalue weighted by atomic mass is 32.2. The molecule has 84 heavy (non-hydrogen) atoms. The molecule has 450 valence electrons. The predicted molar refractivity (Wildman–Crippen MR) is 321 cm³/mol. The largest absolute Gasteiger partial charge is 0.494 e. The summed E-state index contributed by atoms with van der Waals surface area (Å²) in [5.41, 5.74) is 1.93. The number of esters is 6. The summed E-state index contributed by atoms with van der Waals surface area (Å²) in [5, 5.41) is 10.6. The molecule has 1 unspecified atom stereocenters. The number of rotatable bonds is 34. The van der Waals surface area contributed by atoms with Crippen LogP contribution in [0.1, 0.15) is 162 Å². The van der Waals surface area contributed by atoms with E-state index < -0.39 is 41.9 Å². The minimum atomic E-state index is -0.549. The maximum Gasteiger partial charge on any atom is 0.339 e. The van der Waals surface area contributed by atoms with Gasteiger partial charge in [-0.05, 0) is 188 Å². The summed E-state index contributed by atoms with van der Waals surface area (Å²) in [5.74, 6) is -1.34. The molecule has 2 aliphatic carbocycles. The second-order valence-corrected chi connectivity index (χ2v) is 22.3. The fourth-order valence-corrected chi connectivity index (χ4v) is 11.1. The molecule has 3 aliphatic rings. The Balaban J connectivity index is 0.903. The van der Waals surface area contributed by atoms with Gasteiger partial charge in [0.1, 0.15) is 35.2 Å². The van der Waals surface area contributed by atoms with Gasteiger partial charge in [0, 0.05) is 29.2 Å². The van der Waals surface area contributed by atoms with Crippen molar-refractivity contribution in [3.05, 3.63) is 133 Å². The summed E-state index contributed by atoms with van der Waals surface area (Å²) in [6.45, 7) is 11.4. The maximum absolute atomic E-state index is 14.2. The predicted octanol–water partition coefficient (Wildman–Crippen LogP) is 13.4. The van der Waals surface area contributed by atoms with Gasteiger partial charge in [-0.1, -0.05) is 63.2 Å². The van der Waals surface area contributed by atoms with Crippen molar-refractivity contribution >= 4 is 59.5 Å². The first kappa shape index (κ1) is 64.0. The van der Waals surface area contributed by atoms with Crippen molar-refractivity contribution in [3.8, 4) is 23.0 Å². The Morgan fingerprint density at radius 1 is 0.571 bits per heavy atom. The second kappa shape index (κ2) is 34.9. The molecule has 2 fully saturated rings. The lowest BCUT2D eigenvalue weighted by molar-refractivity contribution is -0.141. The molecular formula is C66H81N3O14S. The number of anilines is 1. The minimum Gasteiger partial charge on any atom is -0.494 e. The molecule has 2 saturated carbocycles. The van der Waals surface area contributed by atoms with Crippen molar-refractivity contribution in [2.75, 3.05) is 38.3 Å². The molecule has 0 radical (unpaired) electrons. The van der Waals surface area contributed by atoms with E-state index in [1.54, 1.807) is 84.7 Å². The maximum atomic E-state index is 14.2. The first-order valence-electron chi connectivity index (χ1n) is 29.8. The molecular weight excluding hydrogens is 1090 g/mol. The van der Waals surface area contributed by atoms with Gasteiger partial charge in [0.15, 0.2) is 5.50 Å². The van der Waals surface area contributed by atoms with Gasteiger partial charge in [0.05, 0.1) is 61.3 Å². The summed E-state index contributed by atoms with van der Waals surface area (Å²) in [6.07, 6.45) is 18.1. The molecule has 0 amide bonds. The van der Waals surface area contributed by atoms with E-state index in [1.165, 1.54) is 0 Å². The molecule has 1 aliphatic heterocycles. The van der Waals surface area contributed by atoms with Crippen LogP contribution in [-0.2, 0) is 38.1 Å². The van der Waals surface area contributed by atoms with Gasteiger partial charge in [-0.2, -0.15) is 5.10 Å². The molecule has 17 nitrogen and oxygen atoms in total. The molecule has 1 heterocycles. The number of nitrogens with zero attached hydrogens (tertiary/aromatic N) is 2. The van der Waals surface area contributed by atoms with Gasteiger partial charge in [-0.15, -0.1) is 0 Å². The number of hydrogen-bond donors (Lipinski definition) is 1. The SMILES string of the molecule is C=CC(=O)OCCCCCCOc1ccc(OC(=O)[C@H]2CC[C@H](OC(=O)c3ccc(OC(=O)[C@H]4CC[C@H](OC(=O)c5ccc(OCCCCCCOC(=O)C=C)cc5)CC4)cc3/C=N/N(CCCCCC)C3Nc4ccccc4S3)CC2)cc1. The van der Waals surface area contributed by atoms with E-state index in [2.05, 4.69) is 31.5 Å². The normalized spacial score (nSPS) is 18.0. The first-order valence-corrected chi connectivity index (χ1v) is 30.7. The molecule has 4 aromatic rings. The lowest BCUT2D eigenvalue weighted by atomic mass is 9.87. The van der Waals surface area contributed by atoms with Gasteiger partial charge in [-0.3, -0.25) is 14.6 Å². The van der Waals surface area contributed by atoms with Crippen molar-refractivity contribution in [3.63, 3.8) is 0 Å². The zero-order valence-corrected chi connectivity index (χ0v) is 49.2. The smallest absolute Gasteiger partial charge is 0.339 e. The van der Waals surface area contributed by atoms with Gasteiger partial charge in [0.2, 0.25) is 0 Å². The average Bonchev–Trinajstić information content (AvgIpc) is 4.10. The lowest BCUT2D eigenvalue weighted by Gasteiger charge is -2.27. The Morgan fingerprint density at radius 3 is 1.63 bits per heavy atom. The minimum absolute atomic E-state index is 0.190. The van der Waals surface area contributed by atoms with E-state index in [0.29, 0.717) is 113 Å². The molecule has 4 aromatic carbocycles. The fourth-order valence-electron chi connectivity index (χ4n) is 9.99. The number of benzene rings is 4. The van der Waals surface area contributed by atoms with E-state index >= 15 is 0 Å². The van der Waals surface area contributed by atoms with Crippen LogP contribution in [0.2, 0.25) is 0 Å². The van der Waals surface area contributed by atoms with Gasteiger partial charge in [0.25, 0.3) is 0 Å². The number of hydrogen-bond acceptors (Lipinski definition) is 18. The van der Waals surface area contributed by atoms with E-state index in [9.17, 15) is 28.8 Å². The number of para-hydroxylation sites is 1. The van der Waals surface area contributed by atoms with Crippen molar-refractivity contribution < 1.29 is 66.7 Å². The molecule has 0 spiro atoms. The van der Waals surface area contributed by atoms with Crippen LogP contribution in [0.15, 0.2) is 126 Å². The van der Waals surface area contributed by atoms with Crippen LogP contribution >= 0.6 is 11.8 Å². The average molecular weight is 1170 g/mol. The Labute approximate surface area is 498 Å². The molecule has 0 aromatic heterocycles. The number of hydrazone groups is 1. The zero-order chi connectivity index (χ0) is 59.3. The number of nitrogens with one attached hydrogen (secondary N) is 1. The van der Waals surface area contributed by atoms with Crippen molar-refractivity contribution in [2.45, 2.75) is 158 Å². The molecule has 1 N–H and O–H groups in total. The third-order valence-electron chi connectivity index (χ3n) is 14.9. The fraction of sp³-hybridized carbons (Fsp3) is 0.470. The summed E-state index contributed by atoms with van der Waals surface area (Å²) in [6, 6.07) is 26.8. The van der Waals surface area contributed by atoms with Crippen molar-refractivity contribution in [2.24, 2.45) is 16.9 Å². The summed E-state index contributed by atoms with van der Waals surface area (Å²) < 4.78 is 45.5. The topological polar surface area (TPSA) is 204 Å². The molecule has 0 saturated heterocycles. The van der Waals surface area contributed by atoms with Crippen LogP contribution in [-0.4, -0.2) is 97.7 Å². The molecule has 7 rings (SSSR count). The Morgan fingerprint density at radius 2 is 1.07 bits per heavy atom. The monoisotopic (exact) mass is 1170 g/mol. The van der Waals surface area contributed by atoms with Gasteiger partial charge < -0.3 is 43.2 Å². The number of unbranched alkanes of at least 4 members (excludes halogenated alkanes) is 9. The van der Waals surface area contributed by atoms with E-state index in [4.69, 9.17) is 43.0 Å². The van der Waals surface area contributed by atoms with Crippen LogP contribution in [0.3, 0.4) is 0 Å². The summed E-state index contributed by atoms with van der Waals surface area (Å²) in [7, 11) is 0. The molecule has 0 bridgehead atoms. The van der Waals surface area contributed by atoms with Crippen LogP contribution in [0.5, 0.6) is 23.0 Å². The van der Waals surface area contributed by atoms with Crippen LogP contribution < -0.4 is 24.3 Å². The first-order chi connectivity index (χ1) is 41.0. The Kier molecular flexibility index (Phi) is 26.6. The van der Waals surface area contributed by atoms with Crippen LogP contribution in [0.4, 0.5) is 5.69 Å². The Bertz CT molecular complexity index is 2780. The number of carbonyl (C=O) groups is 6. The van der Waals surface area contributed by atoms with Crippen molar-refractivity contribution in [1.82, 2.24) is 5.01 Å². The number of carbonyl (C=O) groups excluding carboxylic acids is 6. The third kappa shape index (κ3) is 21.2. The highest BCUT2D eigenvalue weighted by molar-refractivity contribution is 8.00. The third-order valence-corrected chi connectivity index (χ3v) is 16.0. The van der Waals surface area contributed by atoms with E-state index in [1.807, 2.05) is 23.2 Å². The number of ether oxygens (including phenoxy) is 8. The summed E-state index contributed by atoms with van der Waals surface area (Å²) in [4.78, 5) is 77.8. The van der Waals surface area contributed by atoms with Crippen molar-refractivity contribution in [1.29, 1.82) is 0 Å². The van der Waals surface area contributed by atoms with Crippen LogP contribution in [0.25, 0.3) is 0 Å². The molecule has 18 heteroatoms. The van der Waals surface area contributed by atoms with Crippen LogP contribution in [0, 0.1) is 11.8 Å². The highest BCUT2D eigenvalue weighted by Gasteiger charge is 2.33. The second-order valence-electron chi connectivity index (χ2n) is 21.2. The lowest BCUT2D eigenvalue weighted by Crippen LogP contribution is -2.33. The highest BCUT2D eigenvalue weighted by Crippen LogP contribution is 2.40. The van der Waals surface area contributed by atoms with Gasteiger partial charge in [-0.25, -0.2) is 19.2 Å². The van der Waals surface area contributed by atoms with E-state index in [0.717, 1.165) is 99.8 Å². The standard InChI is InChI=1S/C66H81N3O14S/c1-4-7-8-15-40-69(66-68-58-20-13-14-21-59(58)84-66)67-46-50-45-56(83-64(74)49-24-30-53(31-25-49)80-62(72)47-22-28-51(29-23-47)76-41-16-9-11-18-43-78-60(70)5-2)38-39-57(50)65(75)82-54-32-26-48(27-33-54)63(73)81-55-36-34-52(35-37-55)77-42-17-10-12-19-44-79-61(71)6-3/h5-6,13-14,20-23,28-29,34-39,45-46,48-49,53-54,66,68H,2-4,7-12,15-19,24-27,30-33,40-44H2,1H3/b67-46+/t48-,49-,53-,54-,66?. The summed E-state index contributed by atoms with van der Waals surface area (Å²) >= 11 is 1.67.